The predicted octanol–water partition coefficient (Wildman–Crippen LogP) is 0.340. The highest BCUT2D eigenvalue weighted by molar-refractivity contribution is 6.03. The first-order valence-electron chi connectivity index (χ1n) is 6.43. The molecule has 1 aliphatic rings. The number of carbonyl (C=O) groups excluding carboxylic acids is 3. The number of nitrogens with one attached hydrogen (secondary N) is 2. The molecule has 0 atom stereocenters. The molecule has 0 radical (unpaired) electrons. The maximum Gasteiger partial charge on any atom is 0.343 e. The second kappa shape index (κ2) is 5.60. The van der Waals surface area contributed by atoms with E-state index in [9.17, 15) is 14.4 Å². The summed E-state index contributed by atoms with van der Waals surface area (Å²) in [5.74, 6) is -0.545. The Bertz CT molecular complexity index is 730. The van der Waals surface area contributed by atoms with Gasteiger partial charge in [0.1, 0.15) is 6.54 Å². The van der Waals surface area contributed by atoms with Gasteiger partial charge in [-0.05, 0) is 0 Å². The molecule has 1 fully saturated rings. The van der Waals surface area contributed by atoms with Crippen LogP contribution in [0.5, 0.6) is 0 Å². The Kier molecular flexibility index (Phi) is 3.48. The van der Waals surface area contributed by atoms with Crippen molar-refractivity contribution >= 4 is 17.8 Å². The van der Waals surface area contributed by atoms with Crippen molar-refractivity contribution in [2.75, 3.05) is 6.54 Å². The number of hydrogen-bond donors (Lipinski definition) is 2. The summed E-state index contributed by atoms with van der Waals surface area (Å²) in [5, 5.41) is 2.95. The lowest BCUT2D eigenvalue weighted by molar-refractivity contribution is -0.118. The van der Waals surface area contributed by atoms with E-state index >= 15 is 0 Å². The van der Waals surface area contributed by atoms with Gasteiger partial charge in [0.05, 0.1) is 5.56 Å². The van der Waals surface area contributed by atoms with E-state index in [1.807, 2.05) is 30.3 Å². The van der Waals surface area contributed by atoms with Crippen LogP contribution in [0.1, 0.15) is 10.4 Å². The predicted molar refractivity (Wildman–Crippen MR) is 75.2 cm³/mol. The van der Waals surface area contributed by atoms with E-state index in [4.69, 9.17) is 0 Å². The number of amides is 4. The van der Waals surface area contributed by atoms with Crippen LogP contribution in [0.25, 0.3) is 11.4 Å². The first-order valence-corrected chi connectivity index (χ1v) is 6.43. The summed E-state index contributed by atoms with van der Waals surface area (Å²) < 4.78 is 0. The maximum absolute atomic E-state index is 12.0. The molecule has 1 aromatic heterocycles. The summed E-state index contributed by atoms with van der Waals surface area (Å²) in [6.45, 7) is -0.215. The second-order valence-electron chi connectivity index (χ2n) is 4.54. The van der Waals surface area contributed by atoms with E-state index in [1.54, 1.807) is 0 Å². The van der Waals surface area contributed by atoms with Gasteiger partial charge in [-0.1, -0.05) is 30.3 Å². The molecule has 2 aromatic rings. The molecule has 0 unspecified atom stereocenters. The molecule has 3 rings (SSSR count). The minimum Gasteiger partial charge on any atom is -0.275 e. The molecule has 22 heavy (non-hydrogen) atoms. The Hall–Kier alpha value is -3.29. The van der Waals surface area contributed by atoms with E-state index in [-0.39, 0.29) is 12.1 Å². The summed E-state index contributed by atoms with van der Waals surface area (Å²) in [4.78, 5) is 42.6. The minimum atomic E-state index is -0.667. The maximum atomic E-state index is 12.0. The quantitative estimate of drug-likeness (QED) is 0.795. The lowest BCUT2D eigenvalue weighted by Crippen LogP contribution is -2.44. The van der Waals surface area contributed by atoms with Gasteiger partial charge in [-0.15, -0.1) is 0 Å². The van der Waals surface area contributed by atoms with Crippen LogP contribution in [0.15, 0.2) is 42.7 Å². The Balaban J connectivity index is 1.71. The molecular weight excluding hydrogens is 286 g/mol. The van der Waals surface area contributed by atoms with Gasteiger partial charge < -0.3 is 0 Å². The summed E-state index contributed by atoms with van der Waals surface area (Å²) in [6.07, 6.45) is 2.72. The van der Waals surface area contributed by atoms with Crippen molar-refractivity contribution in [3.8, 4) is 11.4 Å². The van der Waals surface area contributed by atoms with Crippen molar-refractivity contribution in [2.45, 2.75) is 0 Å². The number of nitrogens with zero attached hydrogens (tertiary/aromatic N) is 3. The van der Waals surface area contributed by atoms with Crippen molar-refractivity contribution in [1.82, 2.24) is 25.7 Å². The number of aromatic nitrogens is 2. The van der Waals surface area contributed by atoms with Crippen LogP contribution in [0.4, 0.5) is 4.79 Å². The van der Waals surface area contributed by atoms with Crippen LogP contribution in [-0.2, 0) is 4.79 Å². The molecular formula is C14H11N5O3. The van der Waals surface area contributed by atoms with Crippen molar-refractivity contribution < 1.29 is 14.4 Å². The van der Waals surface area contributed by atoms with Gasteiger partial charge in [0, 0.05) is 18.0 Å². The van der Waals surface area contributed by atoms with Crippen molar-refractivity contribution in [3.63, 3.8) is 0 Å². The third kappa shape index (κ3) is 2.75. The molecule has 0 spiro atoms. The Morgan fingerprint density at radius 1 is 1.14 bits per heavy atom. The lowest BCUT2D eigenvalue weighted by atomic mass is 10.2. The molecule has 110 valence electrons. The average molecular weight is 297 g/mol. The van der Waals surface area contributed by atoms with E-state index in [0.29, 0.717) is 5.82 Å². The molecule has 8 heteroatoms. The van der Waals surface area contributed by atoms with Gasteiger partial charge in [0.2, 0.25) is 5.91 Å². The standard InChI is InChI=1S/C14H11N5O3/c20-11-8-19(14(22)17-11)18-13(21)10-6-15-12(16-7-10)9-4-2-1-3-5-9/h1-7H,8H2,(H,18,21)(H,17,20,22). The minimum absolute atomic E-state index is 0.187. The molecule has 2 N–H and O–H groups in total. The Morgan fingerprint density at radius 2 is 1.82 bits per heavy atom. The van der Waals surface area contributed by atoms with Crippen molar-refractivity contribution in [2.24, 2.45) is 0 Å². The molecule has 1 aromatic carbocycles. The summed E-state index contributed by atoms with van der Waals surface area (Å²) in [7, 11) is 0. The van der Waals surface area contributed by atoms with Crippen molar-refractivity contribution in [3.05, 3.63) is 48.3 Å². The second-order valence-corrected chi connectivity index (χ2v) is 4.54. The molecule has 0 aliphatic carbocycles. The SMILES string of the molecule is O=C1CN(NC(=O)c2cnc(-c3ccccc3)nc2)C(=O)N1. The first-order chi connectivity index (χ1) is 10.6. The van der Waals surface area contributed by atoms with E-state index in [1.165, 1.54) is 12.4 Å². The largest absolute Gasteiger partial charge is 0.343 e. The van der Waals surface area contributed by atoms with Gasteiger partial charge in [-0.25, -0.2) is 19.8 Å². The van der Waals surface area contributed by atoms with Crippen LogP contribution in [0.2, 0.25) is 0 Å². The fraction of sp³-hybridized carbons (Fsp3) is 0.0714. The third-order valence-corrected chi connectivity index (χ3v) is 2.98. The number of hydrogen-bond acceptors (Lipinski definition) is 5. The van der Waals surface area contributed by atoms with Crippen LogP contribution in [-0.4, -0.2) is 39.4 Å². The Labute approximate surface area is 125 Å². The zero-order valence-electron chi connectivity index (χ0n) is 11.3. The fourth-order valence-corrected chi connectivity index (χ4v) is 1.90. The van der Waals surface area contributed by atoms with Gasteiger partial charge in [0.25, 0.3) is 5.91 Å². The molecule has 0 saturated carbocycles. The van der Waals surface area contributed by atoms with E-state index in [2.05, 4.69) is 20.7 Å². The molecule has 2 heterocycles. The average Bonchev–Trinajstić information content (AvgIpc) is 2.86. The van der Waals surface area contributed by atoms with Crippen LogP contribution >= 0.6 is 0 Å². The summed E-state index contributed by atoms with van der Waals surface area (Å²) in [6, 6.07) is 8.66. The highest BCUT2D eigenvalue weighted by atomic mass is 16.2. The number of rotatable bonds is 3. The summed E-state index contributed by atoms with van der Waals surface area (Å²) in [5.41, 5.74) is 3.34. The first kappa shape index (κ1) is 13.7. The van der Waals surface area contributed by atoms with Crippen molar-refractivity contribution in [1.29, 1.82) is 0 Å². The zero-order valence-corrected chi connectivity index (χ0v) is 11.3. The number of imide groups is 1. The third-order valence-electron chi connectivity index (χ3n) is 2.98. The molecule has 1 saturated heterocycles. The van der Waals surface area contributed by atoms with Crippen LogP contribution < -0.4 is 10.7 Å². The normalized spacial score (nSPS) is 13.9. The smallest absolute Gasteiger partial charge is 0.275 e. The lowest BCUT2D eigenvalue weighted by Gasteiger charge is -2.14. The van der Waals surface area contributed by atoms with Crippen LogP contribution in [0.3, 0.4) is 0 Å². The van der Waals surface area contributed by atoms with Crippen LogP contribution in [0, 0.1) is 0 Å². The van der Waals surface area contributed by atoms with Gasteiger partial charge in [-0.2, -0.15) is 0 Å². The van der Waals surface area contributed by atoms with Gasteiger partial charge in [-0.3, -0.25) is 20.3 Å². The topological polar surface area (TPSA) is 104 Å². The number of hydrazine groups is 1. The molecule has 4 amide bonds. The molecule has 8 nitrogen and oxygen atoms in total. The number of carbonyl (C=O) groups is 3. The Morgan fingerprint density at radius 3 is 2.41 bits per heavy atom. The number of benzene rings is 1. The van der Waals surface area contributed by atoms with Gasteiger partial charge >= 0.3 is 6.03 Å². The monoisotopic (exact) mass is 297 g/mol. The van der Waals surface area contributed by atoms with E-state index < -0.39 is 17.8 Å². The fourth-order valence-electron chi connectivity index (χ4n) is 1.90. The number of urea groups is 1. The molecule has 1 aliphatic heterocycles. The van der Waals surface area contributed by atoms with E-state index in [0.717, 1.165) is 10.6 Å². The van der Waals surface area contributed by atoms with Gasteiger partial charge in [0.15, 0.2) is 5.82 Å². The highest BCUT2D eigenvalue weighted by Gasteiger charge is 2.28. The molecule has 0 bridgehead atoms. The zero-order chi connectivity index (χ0) is 15.5. The highest BCUT2D eigenvalue weighted by Crippen LogP contribution is 2.13. The summed E-state index contributed by atoms with van der Waals surface area (Å²) >= 11 is 0.